The molecule has 0 atom stereocenters. The number of para-hydroxylation sites is 2. The van der Waals surface area contributed by atoms with Gasteiger partial charge < -0.3 is 9.41 Å². The molecule has 0 fully saturated rings. The van der Waals surface area contributed by atoms with E-state index in [0.29, 0.717) is 5.82 Å². The van der Waals surface area contributed by atoms with E-state index in [2.05, 4.69) is 105 Å². The minimum absolute atomic E-state index is 0.409. The van der Waals surface area contributed by atoms with E-state index in [1.54, 1.807) is 6.20 Å². The van der Waals surface area contributed by atoms with Gasteiger partial charge in [0.2, 0.25) is 0 Å². The van der Waals surface area contributed by atoms with Crippen molar-refractivity contribution in [1.29, 1.82) is 0 Å². The molecule has 0 spiro atoms. The molecule has 0 bridgehead atoms. The van der Waals surface area contributed by atoms with E-state index in [1.165, 1.54) is 21.8 Å². The molecule has 6 aromatic rings. The van der Waals surface area contributed by atoms with Crippen molar-refractivity contribution in [2.75, 3.05) is 0 Å². The third kappa shape index (κ3) is 3.26. The van der Waals surface area contributed by atoms with E-state index in [0.717, 1.165) is 27.9 Å². The van der Waals surface area contributed by atoms with Crippen LogP contribution in [0.2, 0.25) is 0 Å². The van der Waals surface area contributed by atoms with Gasteiger partial charge in [-0.1, -0.05) is 73.3 Å². The van der Waals surface area contributed by atoms with Crippen LogP contribution in [0.25, 0.3) is 54.6 Å². The molecule has 0 saturated heterocycles. The first-order chi connectivity index (χ1) is 16.3. The fourth-order valence-corrected chi connectivity index (χ4v) is 4.54. The predicted octanol–water partition coefficient (Wildman–Crippen LogP) is 8.06. The van der Waals surface area contributed by atoms with Crippen molar-refractivity contribution in [3.63, 3.8) is 0 Å². The van der Waals surface area contributed by atoms with Crippen LogP contribution in [-0.2, 0) is 0 Å². The van der Waals surface area contributed by atoms with Gasteiger partial charge in [0, 0.05) is 16.5 Å². The van der Waals surface area contributed by atoms with Gasteiger partial charge in [0.15, 0.2) is 0 Å². The Morgan fingerprint density at radius 2 is 1.27 bits per heavy atom. The predicted molar refractivity (Wildman–Crippen MR) is 136 cm³/mol. The lowest BCUT2D eigenvalue weighted by Gasteiger charge is -2.10. The lowest BCUT2D eigenvalue weighted by molar-refractivity contribution is 1.18. The number of rotatable bonds is 3. The molecule has 0 unspecified atom stereocenters. The molecule has 33 heavy (non-hydrogen) atoms. The Bertz CT molecular complexity index is 1670. The molecule has 0 amide bonds. The second kappa shape index (κ2) is 7.78. The largest absolute Gasteiger partial charge is 0.361 e. The molecule has 0 aliphatic rings. The highest BCUT2D eigenvalue weighted by atomic mass is 15.0. The number of benzene rings is 4. The number of pyridine rings is 1. The molecule has 0 saturated carbocycles. The maximum atomic E-state index is 7.25. The summed E-state index contributed by atoms with van der Waals surface area (Å²) < 4.78 is 2.34. The van der Waals surface area contributed by atoms with Crippen molar-refractivity contribution in [2.24, 2.45) is 0 Å². The average molecular weight is 422 g/mol. The van der Waals surface area contributed by atoms with Crippen LogP contribution < -0.4 is 0 Å². The van der Waals surface area contributed by atoms with Crippen LogP contribution in [0.4, 0.5) is 5.82 Å². The quantitative estimate of drug-likeness (QED) is 0.265. The Hall–Kier alpha value is -4.68. The van der Waals surface area contributed by atoms with E-state index < -0.39 is 0 Å². The summed E-state index contributed by atoms with van der Waals surface area (Å²) in [5.74, 6) is 0.409. The van der Waals surface area contributed by atoms with Gasteiger partial charge in [-0.05, 0) is 64.7 Å². The molecule has 2 aromatic heterocycles. The third-order valence-corrected chi connectivity index (χ3v) is 6.08. The minimum atomic E-state index is 0.409. The topological polar surface area (TPSA) is 22.2 Å². The van der Waals surface area contributed by atoms with Gasteiger partial charge in [0.25, 0.3) is 5.82 Å². The van der Waals surface area contributed by atoms with Crippen LogP contribution in [-0.4, -0.2) is 9.55 Å². The summed E-state index contributed by atoms with van der Waals surface area (Å²) in [4.78, 5) is 7.57. The summed E-state index contributed by atoms with van der Waals surface area (Å²) in [6, 6.07) is 38.0. The molecule has 4 aromatic carbocycles. The monoisotopic (exact) mass is 421 g/mol. The highest BCUT2D eigenvalue weighted by Crippen LogP contribution is 2.35. The van der Waals surface area contributed by atoms with Gasteiger partial charge in [-0.2, -0.15) is 0 Å². The molecule has 3 heteroatoms. The van der Waals surface area contributed by atoms with Gasteiger partial charge in [-0.25, -0.2) is 0 Å². The first kappa shape index (κ1) is 19.0. The standard InChI is InChI=1S/C30H19N3/c1-31-30-20-24(16-17-32-30)22-9-7-8-21(18-22)23-14-15-27-26-12-5-6-13-28(26)33(29(27)19-23)25-10-3-2-4-11-25/h2-20H. The second-order valence-corrected chi connectivity index (χ2v) is 8.02. The zero-order chi connectivity index (χ0) is 22.2. The molecular weight excluding hydrogens is 402 g/mol. The first-order valence-corrected chi connectivity index (χ1v) is 10.8. The summed E-state index contributed by atoms with van der Waals surface area (Å²) in [7, 11) is 0. The number of hydrogen-bond donors (Lipinski definition) is 0. The molecule has 6 rings (SSSR count). The van der Waals surface area contributed by atoms with Gasteiger partial charge in [0.05, 0.1) is 11.0 Å². The highest BCUT2D eigenvalue weighted by Gasteiger charge is 2.13. The molecule has 0 aliphatic heterocycles. The Labute approximate surface area is 192 Å². The van der Waals surface area contributed by atoms with E-state index in [4.69, 9.17) is 6.57 Å². The number of nitrogens with zero attached hydrogens (tertiary/aromatic N) is 3. The molecule has 2 heterocycles. The van der Waals surface area contributed by atoms with E-state index in [-0.39, 0.29) is 0 Å². The van der Waals surface area contributed by atoms with Crippen LogP contribution in [0, 0.1) is 6.57 Å². The third-order valence-electron chi connectivity index (χ3n) is 6.08. The molecule has 3 nitrogen and oxygen atoms in total. The van der Waals surface area contributed by atoms with Crippen LogP contribution in [0.3, 0.4) is 0 Å². The summed E-state index contributed by atoms with van der Waals surface area (Å²) in [6.45, 7) is 7.25. The molecule has 0 N–H and O–H groups in total. The Kier molecular flexibility index (Phi) is 4.49. The lowest BCUT2D eigenvalue weighted by atomic mass is 9.98. The molecular formula is C30H19N3. The van der Waals surface area contributed by atoms with Crippen molar-refractivity contribution >= 4 is 27.6 Å². The zero-order valence-corrected chi connectivity index (χ0v) is 17.8. The summed E-state index contributed by atoms with van der Waals surface area (Å²) >= 11 is 0. The van der Waals surface area contributed by atoms with E-state index >= 15 is 0 Å². The van der Waals surface area contributed by atoms with Crippen molar-refractivity contribution in [3.8, 4) is 27.9 Å². The van der Waals surface area contributed by atoms with Gasteiger partial charge in [-0.15, -0.1) is 4.98 Å². The Morgan fingerprint density at radius 1 is 0.576 bits per heavy atom. The maximum absolute atomic E-state index is 7.25. The SMILES string of the molecule is [C-]#[N+]c1cc(-c2cccc(-c3ccc4c5ccccc5n(-c5ccccc5)c4c3)c2)ccn1. The van der Waals surface area contributed by atoms with Crippen LogP contribution >= 0.6 is 0 Å². The number of fused-ring (bicyclic) bond motifs is 3. The maximum Gasteiger partial charge on any atom is 0.270 e. The number of hydrogen-bond acceptors (Lipinski definition) is 1. The molecule has 154 valence electrons. The van der Waals surface area contributed by atoms with Crippen LogP contribution in [0.1, 0.15) is 0 Å². The average Bonchev–Trinajstić information content (AvgIpc) is 3.23. The van der Waals surface area contributed by atoms with Crippen molar-refractivity contribution in [3.05, 3.63) is 127 Å². The van der Waals surface area contributed by atoms with Gasteiger partial charge in [-0.3, -0.25) is 0 Å². The first-order valence-electron chi connectivity index (χ1n) is 10.8. The van der Waals surface area contributed by atoms with Crippen molar-refractivity contribution in [2.45, 2.75) is 0 Å². The minimum Gasteiger partial charge on any atom is -0.361 e. The van der Waals surface area contributed by atoms with Gasteiger partial charge in [0.1, 0.15) is 6.20 Å². The van der Waals surface area contributed by atoms with Crippen LogP contribution in [0.15, 0.2) is 115 Å². The number of aromatic nitrogens is 2. The fraction of sp³-hybridized carbons (Fsp3) is 0. The van der Waals surface area contributed by atoms with Crippen molar-refractivity contribution < 1.29 is 0 Å². The molecule has 0 radical (unpaired) electrons. The summed E-state index contributed by atoms with van der Waals surface area (Å²) in [5, 5.41) is 2.49. The highest BCUT2D eigenvalue weighted by molar-refractivity contribution is 6.10. The Morgan fingerprint density at radius 3 is 2.09 bits per heavy atom. The second-order valence-electron chi connectivity index (χ2n) is 8.02. The normalized spacial score (nSPS) is 11.0. The van der Waals surface area contributed by atoms with E-state index in [1.807, 2.05) is 18.2 Å². The smallest absolute Gasteiger partial charge is 0.270 e. The van der Waals surface area contributed by atoms with Crippen LogP contribution in [0.5, 0.6) is 0 Å². The fourth-order valence-electron chi connectivity index (χ4n) is 4.54. The zero-order valence-electron chi connectivity index (χ0n) is 17.8. The van der Waals surface area contributed by atoms with Gasteiger partial charge >= 0.3 is 0 Å². The molecule has 0 aliphatic carbocycles. The summed E-state index contributed by atoms with van der Waals surface area (Å²) in [5.41, 5.74) is 7.90. The summed E-state index contributed by atoms with van der Waals surface area (Å²) in [6.07, 6.45) is 1.69. The van der Waals surface area contributed by atoms with Crippen molar-refractivity contribution in [1.82, 2.24) is 9.55 Å². The lowest BCUT2D eigenvalue weighted by Crippen LogP contribution is -1.93. The Balaban J connectivity index is 1.55. The van der Waals surface area contributed by atoms with E-state index in [9.17, 15) is 0 Å².